The van der Waals surface area contributed by atoms with Crippen molar-refractivity contribution in [3.05, 3.63) is 33.1 Å². The van der Waals surface area contributed by atoms with Gasteiger partial charge in [-0.15, -0.1) is 5.10 Å². The summed E-state index contributed by atoms with van der Waals surface area (Å²) in [5.74, 6) is -0.214. The van der Waals surface area contributed by atoms with Crippen molar-refractivity contribution in [3.63, 3.8) is 0 Å². The van der Waals surface area contributed by atoms with Crippen LogP contribution in [0.25, 0.3) is 0 Å². The number of rotatable bonds is 3. The van der Waals surface area contributed by atoms with E-state index in [1.807, 2.05) is 0 Å². The molecular formula is C9H6BrClFN3OS. The van der Waals surface area contributed by atoms with Crippen molar-refractivity contribution in [1.29, 1.82) is 0 Å². The molecule has 1 heterocycles. The topological polar surface area (TPSA) is 61.0 Å². The molecule has 90 valence electrons. The minimum Gasteiger partial charge on any atom is -0.486 e. The molecule has 0 unspecified atom stereocenters. The summed E-state index contributed by atoms with van der Waals surface area (Å²) in [4.78, 5) is 0. The van der Waals surface area contributed by atoms with Gasteiger partial charge < -0.3 is 10.5 Å². The summed E-state index contributed by atoms with van der Waals surface area (Å²) in [6.45, 7) is 0.127. The number of anilines is 1. The molecule has 0 spiro atoms. The Labute approximate surface area is 114 Å². The molecule has 2 aromatic rings. The third-order valence-electron chi connectivity index (χ3n) is 1.92. The van der Waals surface area contributed by atoms with Gasteiger partial charge in [-0.05, 0) is 22.0 Å². The van der Waals surface area contributed by atoms with E-state index in [0.717, 1.165) is 11.5 Å². The molecule has 0 atom stereocenters. The van der Waals surface area contributed by atoms with Gasteiger partial charge in [0.05, 0.1) is 9.50 Å². The molecule has 0 fully saturated rings. The Morgan fingerprint density at radius 1 is 1.53 bits per heavy atom. The van der Waals surface area contributed by atoms with Gasteiger partial charge in [-0.25, -0.2) is 4.39 Å². The summed E-state index contributed by atoms with van der Waals surface area (Å²) in [5, 5.41) is 4.29. The summed E-state index contributed by atoms with van der Waals surface area (Å²) in [6.07, 6.45) is 0. The van der Waals surface area contributed by atoms with Crippen molar-refractivity contribution >= 4 is 44.1 Å². The van der Waals surface area contributed by atoms with Crippen LogP contribution in [0.15, 0.2) is 16.6 Å². The maximum Gasteiger partial charge on any atom is 0.145 e. The van der Waals surface area contributed by atoms with Crippen molar-refractivity contribution < 1.29 is 9.13 Å². The highest BCUT2D eigenvalue weighted by Crippen LogP contribution is 2.31. The summed E-state index contributed by atoms with van der Waals surface area (Å²) >= 11 is 9.91. The first-order valence-corrected chi connectivity index (χ1v) is 6.36. The number of hydrogen-bond acceptors (Lipinski definition) is 5. The lowest BCUT2D eigenvalue weighted by Gasteiger charge is -2.07. The number of ether oxygens (including phenoxy) is 1. The van der Waals surface area contributed by atoms with Gasteiger partial charge in [0.1, 0.15) is 28.9 Å². The molecule has 1 aromatic heterocycles. The Kier molecular flexibility index (Phi) is 3.80. The van der Waals surface area contributed by atoms with Crippen LogP contribution in [0.3, 0.4) is 0 Å². The van der Waals surface area contributed by atoms with E-state index >= 15 is 0 Å². The van der Waals surface area contributed by atoms with Gasteiger partial charge in [0.2, 0.25) is 0 Å². The van der Waals surface area contributed by atoms with Gasteiger partial charge in [-0.2, -0.15) is 0 Å². The van der Waals surface area contributed by atoms with Crippen molar-refractivity contribution in [3.8, 4) is 5.75 Å². The molecule has 17 heavy (non-hydrogen) atoms. The van der Waals surface area contributed by atoms with E-state index in [1.165, 1.54) is 12.1 Å². The van der Waals surface area contributed by atoms with Crippen LogP contribution < -0.4 is 10.5 Å². The number of nitrogens with zero attached hydrogens (tertiary/aromatic N) is 2. The molecule has 0 radical (unpaired) electrons. The highest BCUT2D eigenvalue weighted by Gasteiger charge is 2.10. The summed E-state index contributed by atoms with van der Waals surface area (Å²) in [5.41, 5.74) is 6.13. The highest BCUT2D eigenvalue weighted by atomic mass is 79.9. The Balaban J connectivity index is 2.14. The van der Waals surface area contributed by atoms with Gasteiger partial charge in [0, 0.05) is 17.6 Å². The number of halogens is 3. The summed E-state index contributed by atoms with van der Waals surface area (Å²) < 4.78 is 22.8. The zero-order valence-electron chi connectivity index (χ0n) is 8.28. The minimum absolute atomic E-state index is 0.0269. The number of aromatic nitrogens is 2. The Hall–Kier alpha value is -0.920. The Morgan fingerprint density at radius 3 is 2.94 bits per heavy atom. The second-order valence-electron chi connectivity index (χ2n) is 3.07. The van der Waals surface area contributed by atoms with Crippen LogP contribution in [0.1, 0.15) is 5.69 Å². The maximum atomic E-state index is 13.2. The number of hydrogen-bond donors (Lipinski definition) is 1. The van der Waals surface area contributed by atoms with Crippen molar-refractivity contribution in [2.24, 2.45) is 0 Å². The number of benzene rings is 1. The van der Waals surface area contributed by atoms with Crippen LogP contribution in [0, 0.1) is 5.82 Å². The molecule has 0 aliphatic rings. The highest BCUT2D eigenvalue weighted by molar-refractivity contribution is 9.10. The molecule has 0 saturated heterocycles. The van der Waals surface area contributed by atoms with Crippen LogP contribution in [-0.2, 0) is 6.61 Å². The van der Waals surface area contributed by atoms with E-state index in [4.69, 9.17) is 22.1 Å². The summed E-state index contributed by atoms with van der Waals surface area (Å²) in [7, 11) is 0. The van der Waals surface area contributed by atoms with E-state index < -0.39 is 5.82 Å². The molecule has 0 aliphatic carbocycles. The van der Waals surface area contributed by atoms with Gasteiger partial charge >= 0.3 is 0 Å². The summed E-state index contributed by atoms with van der Waals surface area (Å²) in [6, 6.07) is 2.62. The first-order valence-electron chi connectivity index (χ1n) is 4.42. The van der Waals surface area contributed by atoms with Crippen LogP contribution in [-0.4, -0.2) is 9.59 Å². The molecule has 4 nitrogen and oxygen atoms in total. The predicted molar refractivity (Wildman–Crippen MR) is 67.8 cm³/mol. The third kappa shape index (κ3) is 2.85. The SMILES string of the molecule is Nc1snnc1COc1cc(F)c(Cl)cc1Br. The fraction of sp³-hybridized carbons (Fsp3) is 0.111. The average molecular weight is 339 g/mol. The average Bonchev–Trinajstić information content (AvgIpc) is 2.68. The van der Waals surface area contributed by atoms with Gasteiger partial charge in [-0.1, -0.05) is 16.1 Å². The monoisotopic (exact) mass is 337 g/mol. The quantitative estimate of drug-likeness (QED) is 0.873. The van der Waals surface area contributed by atoms with Crippen LogP contribution in [0.5, 0.6) is 5.75 Å². The molecule has 2 N–H and O–H groups in total. The van der Waals surface area contributed by atoms with Gasteiger partial charge in [-0.3, -0.25) is 0 Å². The van der Waals surface area contributed by atoms with E-state index in [1.54, 1.807) is 0 Å². The second-order valence-corrected chi connectivity index (χ2v) is 5.12. The molecule has 1 aromatic carbocycles. The molecule has 0 amide bonds. The molecule has 2 rings (SSSR count). The van der Waals surface area contributed by atoms with Gasteiger partial charge in [0.25, 0.3) is 0 Å². The zero-order valence-corrected chi connectivity index (χ0v) is 11.4. The lowest BCUT2D eigenvalue weighted by atomic mass is 10.3. The molecule has 8 heteroatoms. The first kappa shape index (κ1) is 12.5. The fourth-order valence-corrected chi connectivity index (χ4v) is 2.26. The van der Waals surface area contributed by atoms with Crippen LogP contribution in [0.4, 0.5) is 9.39 Å². The van der Waals surface area contributed by atoms with Gasteiger partial charge in [0.15, 0.2) is 0 Å². The largest absolute Gasteiger partial charge is 0.486 e. The zero-order chi connectivity index (χ0) is 12.4. The fourth-order valence-electron chi connectivity index (χ4n) is 1.08. The molecule has 0 aliphatic heterocycles. The first-order chi connectivity index (χ1) is 8.08. The van der Waals surface area contributed by atoms with E-state index in [9.17, 15) is 4.39 Å². The van der Waals surface area contributed by atoms with E-state index in [-0.39, 0.29) is 11.6 Å². The Bertz CT molecular complexity index is 551. The van der Waals surface area contributed by atoms with Crippen LogP contribution in [0.2, 0.25) is 5.02 Å². The number of nitrogen functional groups attached to an aromatic ring is 1. The minimum atomic E-state index is -0.547. The lowest BCUT2D eigenvalue weighted by Crippen LogP contribution is -2.00. The second kappa shape index (κ2) is 5.16. The maximum absolute atomic E-state index is 13.2. The molecule has 0 saturated carbocycles. The van der Waals surface area contributed by atoms with Crippen LogP contribution >= 0.6 is 39.1 Å². The number of nitrogens with two attached hydrogens (primary N) is 1. The normalized spacial score (nSPS) is 10.5. The Morgan fingerprint density at radius 2 is 2.29 bits per heavy atom. The van der Waals surface area contributed by atoms with Crippen molar-refractivity contribution in [1.82, 2.24) is 9.59 Å². The standard InChI is InChI=1S/C9H6BrClFN3OS/c10-4-1-5(11)6(12)2-8(4)16-3-7-9(13)17-15-14-7/h1-2H,3,13H2. The molecular weight excluding hydrogens is 333 g/mol. The lowest BCUT2D eigenvalue weighted by molar-refractivity contribution is 0.298. The van der Waals surface area contributed by atoms with E-state index in [0.29, 0.717) is 20.9 Å². The predicted octanol–water partition coefficient (Wildman–Crippen LogP) is 3.25. The van der Waals surface area contributed by atoms with Crippen molar-refractivity contribution in [2.75, 3.05) is 5.73 Å². The molecule has 0 bridgehead atoms. The van der Waals surface area contributed by atoms with Crippen molar-refractivity contribution in [2.45, 2.75) is 6.61 Å². The van der Waals surface area contributed by atoms with E-state index in [2.05, 4.69) is 25.5 Å². The third-order valence-corrected chi connectivity index (χ3v) is 3.43. The smallest absolute Gasteiger partial charge is 0.145 e.